The summed E-state index contributed by atoms with van der Waals surface area (Å²) in [6.07, 6.45) is 0. The van der Waals surface area contributed by atoms with Gasteiger partial charge in [-0.1, -0.05) is 0 Å². The molecular weight excluding hydrogens is 428 g/mol. The second-order valence-electron chi connectivity index (χ2n) is 6.08. The fraction of sp³-hybridized carbons (Fsp3) is 0.143. The number of para-hydroxylation sites is 3. The van der Waals surface area contributed by atoms with Gasteiger partial charge >= 0.3 is 166 Å². The average molecular weight is 449 g/mol. The van der Waals surface area contributed by atoms with Crippen LogP contribution in [0.1, 0.15) is 16.7 Å². The number of hydrogen-bond donors (Lipinski definition) is 0. The summed E-state index contributed by atoms with van der Waals surface area (Å²) in [4.78, 5) is 0. The van der Waals surface area contributed by atoms with Crippen LogP contribution in [0.2, 0.25) is 0 Å². The van der Waals surface area contributed by atoms with Crippen molar-refractivity contribution in [3.63, 3.8) is 0 Å². The number of hydrogen-bond acceptors (Lipinski definition) is 3. The van der Waals surface area contributed by atoms with Crippen molar-refractivity contribution in [2.24, 2.45) is 0 Å². The summed E-state index contributed by atoms with van der Waals surface area (Å²) in [7, 11) is 0. The quantitative estimate of drug-likeness (QED) is 0.410. The molecule has 0 amide bonds. The third kappa shape index (κ3) is 4.70. The van der Waals surface area contributed by atoms with Gasteiger partial charge in [0.25, 0.3) is 0 Å². The molecule has 3 aromatic rings. The number of aryl methyl sites for hydroxylation is 3. The maximum atomic E-state index is 6.31. The Kier molecular flexibility index (Phi) is 6.07. The van der Waals surface area contributed by atoms with Gasteiger partial charge in [-0.3, -0.25) is 0 Å². The standard InChI is InChI=1S/3C7H8O.BrH.Ti/c3*1-6-4-2-3-5-7(6)8;;/h3*2-5,8H,1H3;1H;/q;;;;+4/p-4. The summed E-state index contributed by atoms with van der Waals surface area (Å²) in [5, 5.41) is 0. The Balaban J connectivity index is 1.96. The molecule has 0 fully saturated rings. The summed E-state index contributed by atoms with van der Waals surface area (Å²) < 4.78 is 18.9. The van der Waals surface area contributed by atoms with Crippen LogP contribution >= 0.6 is 13.2 Å². The molecule has 3 rings (SSSR count). The Morgan fingerprint density at radius 1 is 0.538 bits per heavy atom. The van der Waals surface area contributed by atoms with Crippen molar-refractivity contribution >= 4 is 13.2 Å². The molecule has 0 bridgehead atoms. The van der Waals surface area contributed by atoms with Gasteiger partial charge in [-0.25, -0.2) is 0 Å². The molecule has 134 valence electrons. The first-order chi connectivity index (χ1) is 12.5. The van der Waals surface area contributed by atoms with Gasteiger partial charge in [-0.15, -0.1) is 0 Å². The molecule has 3 nitrogen and oxygen atoms in total. The van der Waals surface area contributed by atoms with Gasteiger partial charge in [0.1, 0.15) is 0 Å². The topological polar surface area (TPSA) is 27.7 Å². The Bertz CT molecular complexity index is 782. The third-order valence-electron chi connectivity index (χ3n) is 3.98. The van der Waals surface area contributed by atoms with Crippen LogP contribution in [0.25, 0.3) is 0 Å². The van der Waals surface area contributed by atoms with Gasteiger partial charge in [0.15, 0.2) is 0 Å². The summed E-state index contributed by atoms with van der Waals surface area (Å²) in [5.41, 5.74) is 3.09. The van der Waals surface area contributed by atoms with Gasteiger partial charge in [-0.2, -0.15) is 0 Å². The van der Waals surface area contributed by atoms with Crippen molar-refractivity contribution in [3.05, 3.63) is 89.5 Å². The Hall–Kier alpha value is -1.75. The molecule has 0 heterocycles. The van der Waals surface area contributed by atoms with Crippen molar-refractivity contribution in [1.29, 1.82) is 0 Å². The van der Waals surface area contributed by atoms with Crippen LogP contribution in [-0.4, -0.2) is 0 Å². The number of benzene rings is 3. The van der Waals surface area contributed by atoms with Crippen LogP contribution in [0.4, 0.5) is 0 Å². The third-order valence-corrected chi connectivity index (χ3v) is 8.15. The molecule has 0 N–H and O–H groups in total. The van der Waals surface area contributed by atoms with Gasteiger partial charge in [0.2, 0.25) is 0 Å². The molecule has 26 heavy (non-hydrogen) atoms. The van der Waals surface area contributed by atoms with Crippen LogP contribution < -0.4 is 9.96 Å². The molecule has 0 saturated carbocycles. The van der Waals surface area contributed by atoms with Crippen molar-refractivity contribution in [2.45, 2.75) is 20.8 Å². The first-order valence-corrected chi connectivity index (χ1v) is 14.2. The van der Waals surface area contributed by atoms with Gasteiger partial charge in [0.05, 0.1) is 0 Å². The van der Waals surface area contributed by atoms with Crippen LogP contribution in [-0.2, 0) is 15.7 Å². The molecule has 0 radical (unpaired) electrons. The van der Waals surface area contributed by atoms with E-state index in [9.17, 15) is 0 Å². The first-order valence-electron chi connectivity index (χ1n) is 8.40. The normalized spacial score (nSPS) is 11.1. The van der Waals surface area contributed by atoms with E-state index in [1.807, 2.05) is 93.6 Å². The Morgan fingerprint density at radius 3 is 1.08 bits per heavy atom. The minimum absolute atomic E-state index is 0.756. The van der Waals surface area contributed by atoms with E-state index in [1.54, 1.807) is 0 Å². The van der Waals surface area contributed by atoms with E-state index in [0.717, 1.165) is 33.9 Å². The molecule has 3 aromatic carbocycles. The van der Waals surface area contributed by atoms with Crippen molar-refractivity contribution < 1.29 is 25.6 Å². The van der Waals surface area contributed by atoms with E-state index in [-0.39, 0.29) is 0 Å². The SMILES string of the molecule is Cc1ccccc1[O][Ti]([Br])([O]c1ccccc1C)[O]c1ccccc1C. The zero-order valence-electron chi connectivity index (χ0n) is 15.0. The monoisotopic (exact) mass is 448 g/mol. The Labute approximate surface area is 165 Å². The molecule has 0 aliphatic heterocycles. The zero-order valence-corrected chi connectivity index (χ0v) is 18.2. The van der Waals surface area contributed by atoms with Crippen LogP contribution in [0.15, 0.2) is 72.8 Å². The second kappa shape index (κ2) is 8.30. The predicted octanol–water partition coefficient (Wildman–Crippen LogP) is 6.36. The maximum absolute atomic E-state index is 6.31. The van der Waals surface area contributed by atoms with Gasteiger partial charge < -0.3 is 0 Å². The molecule has 5 heteroatoms. The fourth-order valence-corrected chi connectivity index (χ4v) is 7.13. The van der Waals surface area contributed by atoms with Gasteiger partial charge in [0, 0.05) is 0 Å². The number of halogens is 1. The Morgan fingerprint density at radius 2 is 0.808 bits per heavy atom. The van der Waals surface area contributed by atoms with E-state index in [2.05, 4.69) is 13.2 Å². The van der Waals surface area contributed by atoms with E-state index in [0.29, 0.717) is 0 Å². The van der Waals surface area contributed by atoms with Crippen LogP contribution in [0.5, 0.6) is 17.2 Å². The van der Waals surface area contributed by atoms with E-state index >= 15 is 0 Å². The summed E-state index contributed by atoms with van der Waals surface area (Å²) in [6, 6.07) is 23.6. The van der Waals surface area contributed by atoms with Crippen molar-refractivity contribution in [1.82, 2.24) is 0 Å². The van der Waals surface area contributed by atoms with Gasteiger partial charge in [-0.05, 0) is 0 Å². The van der Waals surface area contributed by atoms with E-state index < -0.39 is 15.7 Å². The summed E-state index contributed by atoms with van der Waals surface area (Å²) in [6.45, 7) is 6.02. The molecule has 0 aliphatic rings. The minimum atomic E-state index is -3.87. The van der Waals surface area contributed by atoms with E-state index in [1.165, 1.54) is 0 Å². The molecule has 0 unspecified atom stereocenters. The van der Waals surface area contributed by atoms with Crippen molar-refractivity contribution in [2.75, 3.05) is 0 Å². The second-order valence-corrected chi connectivity index (χ2v) is 12.5. The summed E-state index contributed by atoms with van der Waals surface area (Å²) in [5.74, 6) is 2.27. The molecule has 0 atom stereocenters. The van der Waals surface area contributed by atoms with Crippen LogP contribution in [0.3, 0.4) is 0 Å². The molecule has 0 aliphatic carbocycles. The molecule has 0 spiro atoms. The zero-order chi connectivity index (χ0) is 18.6. The van der Waals surface area contributed by atoms with Crippen LogP contribution in [0, 0.1) is 20.8 Å². The first kappa shape index (κ1) is 19.0. The number of rotatable bonds is 6. The fourth-order valence-electron chi connectivity index (χ4n) is 2.47. The summed E-state index contributed by atoms with van der Waals surface area (Å²) >= 11 is -0.147. The molecule has 0 saturated heterocycles. The molecular formula is C21H21BrO3Ti. The molecule has 0 aromatic heterocycles. The van der Waals surface area contributed by atoms with E-state index in [4.69, 9.17) is 9.96 Å². The van der Waals surface area contributed by atoms with Crippen molar-refractivity contribution in [3.8, 4) is 17.2 Å². The average Bonchev–Trinajstić information content (AvgIpc) is 2.61. The predicted molar refractivity (Wildman–Crippen MR) is 104 cm³/mol.